The van der Waals surface area contributed by atoms with Gasteiger partial charge in [-0.3, -0.25) is 4.68 Å². The Labute approximate surface area is 119 Å². The number of nitrogens with zero attached hydrogens (tertiary/aromatic N) is 3. The maximum absolute atomic E-state index is 4.24. The van der Waals surface area contributed by atoms with Crippen molar-refractivity contribution in [3.63, 3.8) is 0 Å². The first-order valence-corrected chi connectivity index (χ1v) is 7.03. The number of para-hydroxylation sites is 1. The van der Waals surface area contributed by atoms with Crippen LogP contribution in [-0.2, 0) is 20.1 Å². The molecule has 4 heteroatoms. The molecular weight excluding hydrogens is 248 g/mol. The third-order valence-electron chi connectivity index (χ3n) is 3.55. The van der Waals surface area contributed by atoms with Crippen molar-refractivity contribution in [2.24, 2.45) is 7.05 Å². The molecule has 0 saturated carbocycles. The van der Waals surface area contributed by atoms with E-state index in [9.17, 15) is 0 Å². The lowest BCUT2D eigenvalue weighted by atomic mass is 10.2. The molecule has 0 amide bonds. The number of benzene rings is 1. The molecule has 3 rings (SSSR count). The van der Waals surface area contributed by atoms with E-state index < -0.39 is 0 Å². The summed E-state index contributed by atoms with van der Waals surface area (Å²) in [6.45, 7) is 4.90. The molecule has 0 bridgehead atoms. The predicted octanol–water partition coefficient (Wildman–Crippen LogP) is 2.53. The van der Waals surface area contributed by atoms with E-state index in [1.807, 2.05) is 17.9 Å². The molecule has 0 saturated heterocycles. The van der Waals surface area contributed by atoms with Crippen molar-refractivity contribution in [1.29, 1.82) is 0 Å². The minimum absolute atomic E-state index is 0.862. The van der Waals surface area contributed by atoms with Crippen LogP contribution in [-0.4, -0.2) is 20.9 Å². The number of aromatic nitrogens is 3. The van der Waals surface area contributed by atoms with Crippen LogP contribution in [0.2, 0.25) is 0 Å². The van der Waals surface area contributed by atoms with Crippen molar-refractivity contribution in [3.8, 4) is 0 Å². The lowest BCUT2D eigenvalue weighted by Gasteiger charge is -2.02. The molecular formula is C16H20N4. The van der Waals surface area contributed by atoms with E-state index in [1.54, 1.807) is 0 Å². The van der Waals surface area contributed by atoms with E-state index >= 15 is 0 Å². The maximum atomic E-state index is 4.24. The Hall–Kier alpha value is -2.07. The molecule has 0 atom stereocenters. The second kappa shape index (κ2) is 5.51. The zero-order valence-corrected chi connectivity index (χ0v) is 12.0. The predicted molar refractivity (Wildman–Crippen MR) is 81.6 cm³/mol. The molecule has 1 aromatic carbocycles. The molecule has 104 valence electrons. The number of fused-ring (bicyclic) bond motifs is 1. The van der Waals surface area contributed by atoms with Crippen LogP contribution in [0.3, 0.4) is 0 Å². The summed E-state index contributed by atoms with van der Waals surface area (Å²) in [6, 6.07) is 8.58. The van der Waals surface area contributed by atoms with Gasteiger partial charge in [0.05, 0.1) is 12.7 Å². The van der Waals surface area contributed by atoms with Gasteiger partial charge >= 0.3 is 0 Å². The largest absolute Gasteiger partial charge is 0.343 e. The first kappa shape index (κ1) is 12.9. The fourth-order valence-corrected chi connectivity index (χ4v) is 2.60. The molecule has 2 aromatic heterocycles. The van der Waals surface area contributed by atoms with Crippen LogP contribution in [0.5, 0.6) is 0 Å². The van der Waals surface area contributed by atoms with Crippen molar-refractivity contribution in [3.05, 3.63) is 54.0 Å². The number of hydrogen-bond donors (Lipinski definition) is 1. The number of hydrogen-bond acceptors (Lipinski definition) is 2. The Bertz CT molecular complexity index is 708. The first-order valence-electron chi connectivity index (χ1n) is 7.03. The summed E-state index contributed by atoms with van der Waals surface area (Å²) in [5.74, 6) is 0. The van der Waals surface area contributed by atoms with Crippen LogP contribution in [0.15, 0.2) is 42.9 Å². The molecule has 0 unspecified atom stereocenters. The third kappa shape index (κ3) is 2.47. The Balaban J connectivity index is 1.97. The maximum Gasteiger partial charge on any atom is 0.0539 e. The van der Waals surface area contributed by atoms with E-state index in [0.29, 0.717) is 0 Å². The highest BCUT2D eigenvalue weighted by atomic mass is 15.2. The third-order valence-corrected chi connectivity index (χ3v) is 3.55. The van der Waals surface area contributed by atoms with Gasteiger partial charge in [-0.25, -0.2) is 0 Å². The summed E-state index contributed by atoms with van der Waals surface area (Å²) in [6.07, 6.45) is 6.25. The van der Waals surface area contributed by atoms with Gasteiger partial charge in [0.15, 0.2) is 0 Å². The Morgan fingerprint density at radius 3 is 2.80 bits per heavy atom. The van der Waals surface area contributed by atoms with E-state index in [0.717, 1.165) is 19.6 Å². The zero-order chi connectivity index (χ0) is 13.9. The molecule has 0 aliphatic carbocycles. The van der Waals surface area contributed by atoms with E-state index in [-0.39, 0.29) is 0 Å². The fourth-order valence-electron chi connectivity index (χ4n) is 2.60. The monoisotopic (exact) mass is 268 g/mol. The van der Waals surface area contributed by atoms with Crippen LogP contribution in [0.4, 0.5) is 0 Å². The van der Waals surface area contributed by atoms with Gasteiger partial charge in [-0.15, -0.1) is 0 Å². The molecule has 2 heterocycles. The van der Waals surface area contributed by atoms with Crippen LogP contribution >= 0.6 is 0 Å². The quantitative estimate of drug-likeness (QED) is 0.771. The van der Waals surface area contributed by atoms with Crippen LogP contribution in [0, 0.1) is 0 Å². The highest BCUT2D eigenvalue weighted by Crippen LogP contribution is 2.22. The van der Waals surface area contributed by atoms with Crippen LogP contribution in [0.25, 0.3) is 10.9 Å². The van der Waals surface area contributed by atoms with E-state index in [2.05, 4.69) is 58.6 Å². The fraction of sp³-hybridized carbons (Fsp3) is 0.312. The molecule has 0 aliphatic heterocycles. The Morgan fingerprint density at radius 2 is 2.05 bits per heavy atom. The van der Waals surface area contributed by atoms with Crippen molar-refractivity contribution in [1.82, 2.24) is 19.7 Å². The average Bonchev–Trinajstić information content (AvgIpc) is 3.02. The van der Waals surface area contributed by atoms with E-state index in [4.69, 9.17) is 0 Å². The normalized spacial score (nSPS) is 11.3. The minimum Gasteiger partial charge on any atom is -0.343 e. The molecule has 0 radical (unpaired) electrons. The lowest BCUT2D eigenvalue weighted by molar-refractivity contribution is 0.724. The number of aryl methyl sites for hydroxylation is 1. The summed E-state index contributed by atoms with van der Waals surface area (Å²) in [7, 11) is 1.95. The average molecular weight is 268 g/mol. The van der Waals surface area contributed by atoms with Crippen molar-refractivity contribution < 1.29 is 0 Å². The molecule has 20 heavy (non-hydrogen) atoms. The first-order chi connectivity index (χ1) is 9.78. The summed E-state index contributed by atoms with van der Waals surface area (Å²) in [5, 5.41) is 8.98. The zero-order valence-electron chi connectivity index (χ0n) is 12.0. The summed E-state index contributed by atoms with van der Waals surface area (Å²) in [5.41, 5.74) is 3.86. The van der Waals surface area contributed by atoms with Crippen molar-refractivity contribution in [2.75, 3.05) is 6.54 Å². The minimum atomic E-state index is 0.862. The highest BCUT2D eigenvalue weighted by molar-refractivity contribution is 5.84. The second-order valence-electron chi connectivity index (χ2n) is 5.10. The summed E-state index contributed by atoms with van der Waals surface area (Å²) >= 11 is 0. The molecule has 0 aliphatic rings. The lowest BCUT2D eigenvalue weighted by Crippen LogP contribution is -2.11. The molecule has 3 aromatic rings. The van der Waals surface area contributed by atoms with Crippen molar-refractivity contribution in [2.45, 2.75) is 20.0 Å². The Kier molecular flexibility index (Phi) is 3.56. The molecule has 1 N–H and O–H groups in total. The molecule has 0 fully saturated rings. The number of rotatable bonds is 5. The van der Waals surface area contributed by atoms with Gasteiger partial charge in [-0.2, -0.15) is 5.10 Å². The van der Waals surface area contributed by atoms with Gasteiger partial charge in [0.25, 0.3) is 0 Å². The van der Waals surface area contributed by atoms with Gasteiger partial charge in [0.2, 0.25) is 0 Å². The van der Waals surface area contributed by atoms with Crippen LogP contribution < -0.4 is 5.32 Å². The highest BCUT2D eigenvalue weighted by Gasteiger charge is 2.08. The Morgan fingerprint density at radius 1 is 1.20 bits per heavy atom. The number of nitrogens with one attached hydrogen (secondary N) is 1. The molecule has 4 nitrogen and oxygen atoms in total. The SMILES string of the molecule is CCNCc1cn(Cc2cnn(C)c2)c2ccccc12. The van der Waals surface area contributed by atoms with Gasteiger partial charge in [-0.1, -0.05) is 25.1 Å². The topological polar surface area (TPSA) is 34.8 Å². The van der Waals surface area contributed by atoms with Gasteiger partial charge in [0, 0.05) is 42.5 Å². The van der Waals surface area contributed by atoms with E-state index in [1.165, 1.54) is 22.0 Å². The second-order valence-corrected chi connectivity index (χ2v) is 5.10. The summed E-state index contributed by atoms with van der Waals surface area (Å²) < 4.78 is 4.15. The smallest absolute Gasteiger partial charge is 0.0539 e. The van der Waals surface area contributed by atoms with Gasteiger partial charge < -0.3 is 9.88 Å². The molecule has 0 spiro atoms. The standard InChI is InChI=1S/C16H20N4/c1-3-17-9-14-12-20(11-13-8-18-19(2)10-13)16-7-5-4-6-15(14)16/h4-8,10,12,17H,3,9,11H2,1-2H3. The van der Waals surface area contributed by atoms with Gasteiger partial charge in [0.1, 0.15) is 0 Å². The summed E-state index contributed by atoms with van der Waals surface area (Å²) in [4.78, 5) is 0. The van der Waals surface area contributed by atoms with Gasteiger partial charge in [-0.05, 0) is 18.2 Å². The van der Waals surface area contributed by atoms with Crippen molar-refractivity contribution >= 4 is 10.9 Å². The van der Waals surface area contributed by atoms with Crippen LogP contribution in [0.1, 0.15) is 18.1 Å².